The maximum Gasteiger partial charge on any atom is 0.321 e. The smallest absolute Gasteiger partial charge is 0.321 e. The van der Waals surface area contributed by atoms with Crippen molar-refractivity contribution in [1.82, 2.24) is 20.3 Å². The number of carbonyl (C=O) groups excluding carboxylic acids is 4. The number of rotatable bonds is 13. The van der Waals surface area contributed by atoms with Gasteiger partial charge in [0.15, 0.2) is 12.1 Å². The maximum absolute atomic E-state index is 14.3. The van der Waals surface area contributed by atoms with E-state index in [1.807, 2.05) is 45.1 Å². The van der Waals surface area contributed by atoms with Gasteiger partial charge >= 0.3 is 11.9 Å². The van der Waals surface area contributed by atoms with E-state index in [1.54, 1.807) is 6.08 Å². The Hall–Kier alpha value is -5.38. The average molecular weight is 747 g/mol. The molecule has 2 aliphatic heterocycles. The Morgan fingerprint density at radius 3 is 2.38 bits per heavy atom. The molecule has 290 valence electrons. The predicted octanol–water partition coefficient (Wildman–Crippen LogP) is 6.97. The highest BCUT2D eigenvalue weighted by Crippen LogP contribution is 2.48. The molecular weight excluding hydrogens is 693 g/mol. The van der Waals surface area contributed by atoms with Gasteiger partial charge in [-0.3, -0.25) is 19.2 Å². The second kappa shape index (κ2) is 16.2. The molecule has 0 amide bonds. The number of ether oxygens (including phenoxy) is 2. The molecule has 10 heteroatoms. The Morgan fingerprint density at radius 2 is 1.71 bits per heavy atom. The summed E-state index contributed by atoms with van der Waals surface area (Å²) in [7, 11) is 1.29. The number of aromatic nitrogens is 3. The summed E-state index contributed by atoms with van der Waals surface area (Å²) in [6.45, 7) is 18.8. The van der Waals surface area contributed by atoms with Crippen LogP contribution in [0, 0.1) is 37.5 Å². The minimum atomic E-state index is -1.18. The van der Waals surface area contributed by atoms with Crippen molar-refractivity contribution < 1.29 is 28.7 Å². The van der Waals surface area contributed by atoms with Gasteiger partial charge in [0, 0.05) is 74.3 Å². The van der Waals surface area contributed by atoms with Crippen LogP contribution in [0.15, 0.2) is 29.6 Å². The molecule has 55 heavy (non-hydrogen) atoms. The molecule has 0 radical (unpaired) electrons. The van der Waals surface area contributed by atoms with Gasteiger partial charge in [-0.1, -0.05) is 52.3 Å². The van der Waals surface area contributed by atoms with Crippen LogP contribution >= 0.6 is 0 Å². The minimum absolute atomic E-state index is 0.129. The average Bonchev–Trinajstić information content (AvgIpc) is 3.90. The monoisotopic (exact) mass is 746 g/mol. The van der Waals surface area contributed by atoms with Gasteiger partial charge in [0.05, 0.1) is 18.2 Å². The fraction of sp³-hybridized carbons (Fsp3) is 0.422. The van der Waals surface area contributed by atoms with Crippen molar-refractivity contribution in [2.45, 2.75) is 87.0 Å². The quantitative estimate of drug-likeness (QED) is 0.0640. The van der Waals surface area contributed by atoms with Gasteiger partial charge in [-0.15, -0.1) is 0 Å². The summed E-state index contributed by atoms with van der Waals surface area (Å²) < 4.78 is 10.9. The van der Waals surface area contributed by atoms with Crippen molar-refractivity contribution >= 4 is 53.9 Å². The van der Waals surface area contributed by atoms with E-state index >= 15 is 0 Å². The SMILES string of the molecule is C=Cc1c2[nH]c(c1C)/C=C1\N/C(=C3\c4[nH]c(c(C)c4C(=O)[C@@H]3C(=O)OC)/C=c3\[nH]/c(c(C=O)c3CC)=C\2)[C@@H](CCC(=O)OC/C=C(\C)CCCC(C)C)[C@@H]1C. The first-order valence-corrected chi connectivity index (χ1v) is 19.5. The Kier molecular flexibility index (Phi) is 11.5. The first-order valence-electron chi connectivity index (χ1n) is 19.5. The van der Waals surface area contributed by atoms with E-state index in [-0.39, 0.29) is 36.6 Å². The molecule has 1 saturated heterocycles. The summed E-state index contributed by atoms with van der Waals surface area (Å²) in [6.07, 6.45) is 15.0. The van der Waals surface area contributed by atoms with Crippen LogP contribution in [-0.2, 0) is 25.5 Å². The summed E-state index contributed by atoms with van der Waals surface area (Å²) in [4.78, 5) is 64.1. The molecule has 0 unspecified atom stereocenters. The third-order valence-corrected chi connectivity index (χ3v) is 11.6. The van der Waals surface area contributed by atoms with Gasteiger partial charge in [-0.25, -0.2) is 0 Å². The number of hydrogen-bond donors (Lipinski definition) is 4. The largest absolute Gasteiger partial charge is 0.468 e. The van der Waals surface area contributed by atoms with E-state index in [1.165, 1.54) is 12.7 Å². The second-order valence-electron chi connectivity index (χ2n) is 15.5. The van der Waals surface area contributed by atoms with Crippen molar-refractivity contribution in [3.05, 3.63) is 96.5 Å². The summed E-state index contributed by atoms with van der Waals surface area (Å²) in [6, 6.07) is 0. The molecule has 0 saturated carbocycles. The Bertz CT molecular complexity index is 2290. The summed E-state index contributed by atoms with van der Waals surface area (Å²) in [5, 5.41) is 5.05. The number of Topliss-reactive ketones (excluding diaryl/α,β-unsaturated/α-hetero) is 1. The van der Waals surface area contributed by atoms with Crippen LogP contribution < -0.4 is 16.0 Å². The number of H-pyrrole nitrogens is 3. The lowest BCUT2D eigenvalue weighted by molar-refractivity contribution is -0.143. The molecule has 3 atom stereocenters. The first kappa shape index (κ1) is 39.3. The van der Waals surface area contributed by atoms with Crippen LogP contribution in [0.2, 0.25) is 0 Å². The van der Waals surface area contributed by atoms with Crippen LogP contribution in [-0.4, -0.2) is 52.7 Å². The molecular formula is C45H54N4O6. The number of methoxy groups -OCH3 is 1. The van der Waals surface area contributed by atoms with E-state index in [0.717, 1.165) is 64.7 Å². The van der Waals surface area contributed by atoms with Crippen molar-refractivity contribution in [2.75, 3.05) is 13.7 Å². The van der Waals surface area contributed by atoms with Crippen LogP contribution in [0.4, 0.5) is 0 Å². The standard InChI is InChI=1S/C45H54N4O6/c1-10-28-25(6)32-19-33-26(7)30(15-16-38(51)55-18-17-24(5)14-12-13-23(3)4)42(48-33)40-41(45(53)54-9)44(52)39-27(8)34(49-43(39)40)20-36-29(11-2)31(22-50)37(47-36)21-35(28)46-32/h10,17,19-23,26,30,41,46-49H,1,11-16,18H2,2-9H3/b24-17+,33-19-,36-20-,37-21-,42-40-/t26-,30-,41+/m0/s1. The molecule has 3 aromatic rings. The number of ketones is 1. The normalized spacial score (nSPS) is 22.3. The first-order chi connectivity index (χ1) is 26.3. The number of allylic oxidation sites excluding steroid dienone is 3. The van der Waals surface area contributed by atoms with Crippen LogP contribution in [0.5, 0.6) is 0 Å². The van der Waals surface area contributed by atoms with Gasteiger partial charge in [0.25, 0.3) is 0 Å². The van der Waals surface area contributed by atoms with Gasteiger partial charge in [-0.05, 0) is 93.4 Å². The van der Waals surface area contributed by atoms with E-state index < -0.39 is 11.9 Å². The molecule has 1 aliphatic carbocycles. The molecule has 0 spiro atoms. The number of fused-ring (bicyclic) bond motifs is 7. The third kappa shape index (κ3) is 7.39. The highest BCUT2D eigenvalue weighted by atomic mass is 16.5. The molecule has 0 aromatic carbocycles. The lowest BCUT2D eigenvalue weighted by Crippen LogP contribution is -2.25. The molecule has 10 nitrogen and oxygen atoms in total. The number of aromatic amines is 3. The number of nitrogens with one attached hydrogen (secondary N) is 4. The Labute approximate surface area is 322 Å². The van der Waals surface area contributed by atoms with Crippen LogP contribution in [0.1, 0.15) is 132 Å². The summed E-state index contributed by atoms with van der Waals surface area (Å²) in [5.41, 5.74) is 10.6. The van der Waals surface area contributed by atoms with E-state index in [2.05, 4.69) is 54.5 Å². The molecule has 1 fully saturated rings. The lowest BCUT2D eigenvalue weighted by Gasteiger charge is -2.19. The van der Waals surface area contributed by atoms with Crippen molar-refractivity contribution in [3.8, 4) is 0 Å². The van der Waals surface area contributed by atoms with E-state index in [0.29, 0.717) is 63.5 Å². The number of aldehydes is 1. The molecule has 6 rings (SSSR count). The molecule has 3 aromatic heterocycles. The van der Waals surface area contributed by atoms with E-state index in [4.69, 9.17) is 9.47 Å². The summed E-state index contributed by atoms with van der Waals surface area (Å²) in [5.74, 6) is -2.21. The fourth-order valence-corrected chi connectivity index (χ4v) is 8.46. The van der Waals surface area contributed by atoms with Crippen molar-refractivity contribution in [2.24, 2.45) is 23.7 Å². The summed E-state index contributed by atoms with van der Waals surface area (Å²) >= 11 is 0. The number of esters is 2. The zero-order chi connectivity index (χ0) is 39.7. The van der Waals surface area contributed by atoms with Gasteiger partial charge in [0.2, 0.25) is 0 Å². The highest BCUT2D eigenvalue weighted by Gasteiger charge is 2.48. The highest BCUT2D eigenvalue weighted by molar-refractivity contribution is 6.24. The van der Waals surface area contributed by atoms with Gasteiger partial charge in [0.1, 0.15) is 12.5 Å². The number of hydrogen-bond acceptors (Lipinski definition) is 7. The molecule has 3 aliphatic rings. The number of carbonyl (C=O) groups is 4. The Morgan fingerprint density at radius 1 is 0.982 bits per heavy atom. The zero-order valence-corrected chi connectivity index (χ0v) is 33.4. The van der Waals surface area contributed by atoms with E-state index in [9.17, 15) is 19.2 Å². The minimum Gasteiger partial charge on any atom is -0.468 e. The van der Waals surface area contributed by atoms with Crippen molar-refractivity contribution in [3.63, 3.8) is 0 Å². The van der Waals surface area contributed by atoms with Crippen LogP contribution in [0.3, 0.4) is 0 Å². The third-order valence-electron chi connectivity index (χ3n) is 11.6. The molecule has 4 N–H and O–H groups in total. The van der Waals surface area contributed by atoms with Gasteiger partial charge < -0.3 is 29.7 Å². The van der Waals surface area contributed by atoms with Crippen molar-refractivity contribution in [1.29, 1.82) is 0 Å². The Balaban J connectivity index is 1.49. The van der Waals surface area contributed by atoms with Crippen LogP contribution in [0.25, 0.3) is 29.9 Å². The second-order valence-corrected chi connectivity index (χ2v) is 15.5. The van der Waals surface area contributed by atoms with Gasteiger partial charge in [-0.2, -0.15) is 0 Å². The predicted molar refractivity (Wildman–Crippen MR) is 216 cm³/mol. The topological polar surface area (TPSA) is 146 Å². The zero-order valence-electron chi connectivity index (χ0n) is 33.4. The molecule has 8 bridgehead atoms. The molecule has 5 heterocycles. The maximum atomic E-state index is 14.3. The fourth-order valence-electron chi connectivity index (χ4n) is 8.46. The lowest BCUT2D eigenvalue weighted by atomic mass is 9.85.